The van der Waals surface area contributed by atoms with Crippen molar-refractivity contribution in [3.63, 3.8) is 0 Å². The lowest BCUT2D eigenvalue weighted by Gasteiger charge is -2.30. The number of benzene rings is 6. The third-order valence-corrected chi connectivity index (χ3v) is 12.2. The van der Waals surface area contributed by atoms with Crippen LogP contribution in [-0.2, 0) is 6.42 Å². The van der Waals surface area contributed by atoms with E-state index < -0.39 is 0 Å². The lowest BCUT2D eigenvalue weighted by Crippen LogP contribution is -2.18. The zero-order valence-corrected chi connectivity index (χ0v) is 31.8. The lowest BCUT2D eigenvalue weighted by molar-refractivity contribution is 0.672. The van der Waals surface area contributed by atoms with Gasteiger partial charge in [0.2, 0.25) is 0 Å². The molecule has 2 heterocycles. The summed E-state index contributed by atoms with van der Waals surface area (Å²) in [5.74, 6) is 0.458. The third kappa shape index (κ3) is 5.90. The highest BCUT2D eigenvalue weighted by molar-refractivity contribution is 6.18. The van der Waals surface area contributed by atoms with Crippen LogP contribution in [0.3, 0.4) is 0 Å². The molecule has 6 aromatic carbocycles. The Morgan fingerprint density at radius 1 is 0.632 bits per heavy atom. The van der Waals surface area contributed by atoms with Crippen molar-refractivity contribution in [1.29, 1.82) is 0 Å². The number of hydrogen-bond acceptors (Lipinski definition) is 2. The predicted octanol–water partition coefficient (Wildman–Crippen LogP) is 14.6. The van der Waals surface area contributed by atoms with Gasteiger partial charge in [-0.1, -0.05) is 127 Å². The maximum absolute atomic E-state index is 6.67. The van der Waals surface area contributed by atoms with Crippen molar-refractivity contribution in [2.24, 2.45) is 5.92 Å². The van der Waals surface area contributed by atoms with Gasteiger partial charge in [-0.05, 0) is 121 Å². The Morgan fingerprint density at radius 3 is 2.09 bits per heavy atom. The fourth-order valence-corrected chi connectivity index (χ4v) is 9.32. The fourth-order valence-electron chi connectivity index (χ4n) is 9.32. The molecule has 0 aliphatic heterocycles. The van der Waals surface area contributed by atoms with E-state index in [1.807, 2.05) is 0 Å². The molecule has 3 nitrogen and oxygen atoms in total. The van der Waals surface area contributed by atoms with Gasteiger partial charge in [0, 0.05) is 50.7 Å². The van der Waals surface area contributed by atoms with Crippen LogP contribution in [0, 0.1) is 5.92 Å². The number of aromatic nitrogens is 1. The SMILES string of the molecule is C1=CCCC(C2C=CC(N(c3ccc(C4=Cc5c(n(-c6ccccc6)c6ccc7c8ccccc8oc7c56)CC4)cc3)c3ccc(-c4ccccc4)cc3)=CC2)=C1. The molecular formula is C54H42N2O. The van der Waals surface area contributed by atoms with Crippen molar-refractivity contribution in [3.8, 4) is 16.8 Å². The maximum Gasteiger partial charge on any atom is 0.145 e. The van der Waals surface area contributed by atoms with Gasteiger partial charge in [0.15, 0.2) is 0 Å². The average molecular weight is 735 g/mol. The van der Waals surface area contributed by atoms with E-state index in [2.05, 4.69) is 198 Å². The zero-order valence-electron chi connectivity index (χ0n) is 31.8. The van der Waals surface area contributed by atoms with Gasteiger partial charge < -0.3 is 13.9 Å². The van der Waals surface area contributed by atoms with Crippen LogP contribution in [-0.4, -0.2) is 4.57 Å². The van der Waals surface area contributed by atoms with Crippen molar-refractivity contribution in [2.75, 3.05) is 4.90 Å². The van der Waals surface area contributed by atoms with Crippen molar-refractivity contribution >= 4 is 55.9 Å². The molecular weight excluding hydrogens is 693 g/mol. The Balaban J connectivity index is 0.988. The summed E-state index contributed by atoms with van der Waals surface area (Å²) in [5, 5.41) is 3.51. The van der Waals surface area contributed by atoms with Gasteiger partial charge in [0.05, 0.1) is 10.9 Å². The summed E-state index contributed by atoms with van der Waals surface area (Å²) in [6.45, 7) is 0. The van der Waals surface area contributed by atoms with Gasteiger partial charge in [-0.2, -0.15) is 0 Å². The van der Waals surface area contributed by atoms with Gasteiger partial charge in [0.1, 0.15) is 11.2 Å². The lowest BCUT2D eigenvalue weighted by atomic mass is 9.86. The largest absolute Gasteiger partial charge is 0.455 e. The van der Waals surface area contributed by atoms with E-state index in [9.17, 15) is 0 Å². The van der Waals surface area contributed by atoms with E-state index in [1.165, 1.54) is 61.4 Å². The first-order chi connectivity index (χ1) is 28.3. The molecule has 0 bridgehead atoms. The van der Waals surface area contributed by atoms with Crippen molar-refractivity contribution in [1.82, 2.24) is 4.57 Å². The van der Waals surface area contributed by atoms with Crippen molar-refractivity contribution in [3.05, 3.63) is 210 Å². The Bertz CT molecular complexity index is 2950. The second-order valence-corrected chi connectivity index (χ2v) is 15.5. The van der Waals surface area contributed by atoms with Gasteiger partial charge in [-0.15, -0.1) is 0 Å². The number of fused-ring (bicyclic) bond motifs is 7. The molecule has 57 heavy (non-hydrogen) atoms. The van der Waals surface area contributed by atoms with Crippen LogP contribution in [0.1, 0.15) is 42.5 Å². The summed E-state index contributed by atoms with van der Waals surface area (Å²) < 4.78 is 9.12. The van der Waals surface area contributed by atoms with Gasteiger partial charge >= 0.3 is 0 Å². The van der Waals surface area contributed by atoms with Crippen LogP contribution < -0.4 is 4.90 Å². The first-order valence-electron chi connectivity index (χ1n) is 20.3. The smallest absolute Gasteiger partial charge is 0.145 e. The Kier molecular flexibility index (Phi) is 8.24. The van der Waals surface area contributed by atoms with Crippen molar-refractivity contribution < 1.29 is 4.42 Å². The molecule has 2 aromatic heterocycles. The van der Waals surface area contributed by atoms with Crippen LogP contribution >= 0.6 is 0 Å². The topological polar surface area (TPSA) is 21.3 Å². The van der Waals surface area contributed by atoms with Crippen LogP contribution in [0.4, 0.5) is 11.4 Å². The first-order valence-corrected chi connectivity index (χ1v) is 20.3. The quantitative estimate of drug-likeness (QED) is 0.163. The van der Waals surface area contributed by atoms with Crippen LogP contribution in [0.25, 0.3) is 61.3 Å². The average Bonchev–Trinajstić information content (AvgIpc) is 3.84. The molecule has 3 aliphatic rings. The second kappa shape index (κ2) is 14.0. The van der Waals surface area contributed by atoms with E-state index in [0.29, 0.717) is 5.92 Å². The third-order valence-electron chi connectivity index (χ3n) is 12.2. The molecule has 0 fully saturated rings. The highest BCUT2D eigenvalue weighted by Crippen LogP contribution is 2.44. The summed E-state index contributed by atoms with van der Waals surface area (Å²) in [7, 11) is 0. The molecule has 0 saturated heterocycles. The molecule has 11 rings (SSSR count). The van der Waals surface area contributed by atoms with Crippen LogP contribution in [0.5, 0.6) is 0 Å². The summed E-state index contributed by atoms with van der Waals surface area (Å²) in [6, 6.07) is 52.6. The highest BCUT2D eigenvalue weighted by Gasteiger charge is 2.26. The first kappa shape index (κ1) is 33.5. The minimum atomic E-state index is 0.458. The summed E-state index contributed by atoms with van der Waals surface area (Å²) in [4.78, 5) is 2.42. The minimum absolute atomic E-state index is 0.458. The predicted molar refractivity (Wildman–Crippen MR) is 239 cm³/mol. The molecule has 274 valence electrons. The zero-order chi connectivity index (χ0) is 37.7. The van der Waals surface area contributed by atoms with E-state index >= 15 is 0 Å². The fraction of sp³-hybridized carbons (Fsp3) is 0.111. The summed E-state index contributed by atoms with van der Waals surface area (Å²) >= 11 is 0. The van der Waals surface area contributed by atoms with Crippen LogP contribution in [0.15, 0.2) is 198 Å². The highest BCUT2D eigenvalue weighted by atomic mass is 16.3. The molecule has 0 N–H and O–H groups in total. The van der Waals surface area contributed by atoms with E-state index in [1.54, 1.807) is 0 Å². The minimum Gasteiger partial charge on any atom is -0.455 e. The molecule has 0 radical (unpaired) electrons. The number of furan rings is 1. The molecule has 3 heteroatoms. The Hall–Kier alpha value is -6.84. The Labute approximate surface area is 333 Å². The van der Waals surface area contributed by atoms with Gasteiger partial charge in [-0.25, -0.2) is 0 Å². The number of nitrogens with zero attached hydrogens (tertiary/aromatic N) is 2. The van der Waals surface area contributed by atoms with Gasteiger partial charge in [0.25, 0.3) is 0 Å². The molecule has 3 aliphatic carbocycles. The number of anilines is 2. The molecule has 1 unspecified atom stereocenters. The standard InChI is InChI=1S/C54H42N2O/c1-4-12-37(13-5-1)39-20-27-44(28-21-39)55(45-29-22-40(23-30-45)38-14-6-2-7-15-38)46-31-24-41(25-32-46)42-26-34-50-49(36-42)53-51(56(50)43-16-8-3-9-17-43)35-33-48-47-18-10-11-19-52(47)57-54(48)53/h1-6,8-14,16-22,24-25,27-33,35-36,40H,7,15,23,26,34H2. The number of rotatable bonds is 7. The van der Waals surface area contributed by atoms with E-state index in [0.717, 1.165) is 65.4 Å². The maximum atomic E-state index is 6.67. The summed E-state index contributed by atoms with van der Waals surface area (Å²) in [6.07, 6.45) is 21.6. The van der Waals surface area contributed by atoms with E-state index in [-0.39, 0.29) is 0 Å². The Morgan fingerprint density at radius 2 is 1.35 bits per heavy atom. The number of allylic oxidation sites excluding steroid dienone is 8. The monoisotopic (exact) mass is 734 g/mol. The molecule has 0 amide bonds. The summed E-state index contributed by atoms with van der Waals surface area (Å²) in [5.41, 5.74) is 17.0. The number of para-hydroxylation sites is 2. The normalized spacial score (nSPS) is 16.4. The van der Waals surface area contributed by atoms with Crippen molar-refractivity contribution in [2.45, 2.75) is 32.1 Å². The number of hydrogen-bond donors (Lipinski definition) is 0. The van der Waals surface area contributed by atoms with Gasteiger partial charge in [-0.3, -0.25) is 0 Å². The van der Waals surface area contributed by atoms with Crippen LogP contribution in [0.2, 0.25) is 0 Å². The molecule has 0 spiro atoms. The molecule has 0 saturated carbocycles. The second-order valence-electron chi connectivity index (χ2n) is 15.5. The molecule has 8 aromatic rings. The van der Waals surface area contributed by atoms with E-state index in [4.69, 9.17) is 4.42 Å². The molecule has 1 atom stereocenters.